The van der Waals surface area contributed by atoms with E-state index in [9.17, 15) is 4.79 Å². The third-order valence-electron chi connectivity index (χ3n) is 2.84. The number of nitrogens with zero attached hydrogens (tertiary/aromatic N) is 1. The quantitative estimate of drug-likeness (QED) is 0.814. The highest BCUT2D eigenvalue weighted by Gasteiger charge is 2.20. The molecular formula is C13H14BrNO2. The Labute approximate surface area is 109 Å². The van der Waals surface area contributed by atoms with Crippen molar-refractivity contribution in [2.75, 3.05) is 12.4 Å². The first kappa shape index (κ1) is 12.2. The van der Waals surface area contributed by atoms with Gasteiger partial charge in [0.25, 0.3) is 5.91 Å². The maximum atomic E-state index is 12.1. The minimum absolute atomic E-state index is 0.0897. The summed E-state index contributed by atoms with van der Waals surface area (Å²) in [5.41, 5.74) is 0.746. The summed E-state index contributed by atoms with van der Waals surface area (Å²) in [6.07, 6.45) is 0. The SMILES string of the molecule is CC(CBr)N(C)C(=O)c1cc2ccccc2o1. The zero-order valence-electron chi connectivity index (χ0n) is 9.81. The molecule has 0 aliphatic rings. The van der Waals surface area contributed by atoms with E-state index in [2.05, 4.69) is 15.9 Å². The fraction of sp³-hybridized carbons (Fsp3) is 0.308. The van der Waals surface area contributed by atoms with Gasteiger partial charge in [0.15, 0.2) is 5.76 Å². The number of fused-ring (bicyclic) bond motifs is 1. The molecule has 1 unspecified atom stereocenters. The van der Waals surface area contributed by atoms with Gasteiger partial charge in [0.05, 0.1) is 0 Å². The summed E-state index contributed by atoms with van der Waals surface area (Å²) >= 11 is 3.37. The van der Waals surface area contributed by atoms with Gasteiger partial charge < -0.3 is 9.32 Å². The van der Waals surface area contributed by atoms with E-state index in [1.54, 1.807) is 18.0 Å². The van der Waals surface area contributed by atoms with Crippen molar-refractivity contribution in [3.05, 3.63) is 36.1 Å². The first-order valence-electron chi connectivity index (χ1n) is 5.45. The highest BCUT2D eigenvalue weighted by molar-refractivity contribution is 9.09. The van der Waals surface area contributed by atoms with Crippen molar-refractivity contribution in [1.29, 1.82) is 0 Å². The maximum Gasteiger partial charge on any atom is 0.289 e. The number of hydrogen-bond donors (Lipinski definition) is 0. The van der Waals surface area contributed by atoms with Gasteiger partial charge in [0.1, 0.15) is 5.58 Å². The normalized spacial score (nSPS) is 12.6. The molecule has 0 bridgehead atoms. The van der Waals surface area contributed by atoms with Crippen LogP contribution in [0, 0.1) is 0 Å². The van der Waals surface area contributed by atoms with Gasteiger partial charge in [0, 0.05) is 23.8 Å². The van der Waals surface area contributed by atoms with Crippen molar-refractivity contribution in [2.45, 2.75) is 13.0 Å². The van der Waals surface area contributed by atoms with E-state index < -0.39 is 0 Å². The molecule has 0 fully saturated rings. The molecule has 0 radical (unpaired) electrons. The Kier molecular flexibility index (Phi) is 3.52. The highest BCUT2D eigenvalue weighted by atomic mass is 79.9. The van der Waals surface area contributed by atoms with Crippen LogP contribution in [0.4, 0.5) is 0 Å². The van der Waals surface area contributed by atoms with E-state index in [4.69, 9.17) is 4.42 Å². The predicted molar refractivity (Wildman–Crippen MR) is 71.6 cm³/mol. The van der Waals surface area contributed by atoms with Gasteiger partial charge in [-0.25, -0.2) is 0 Å². The Morgan fingerprint density at radius 1 is 1.47 bits per heavy atom. The van der Waals surface area contributed by atoms with Gasteiger partial charge in [0.2, 0.25) is 0 Å². The molecule has 1 aromatic carbocycles. The molecule has 4 heteroatoms. The number of hydrogen-bond acceptors (Lipinski definition) is 2. The Bertz CT molecular complexity index is 502. The first-order valence-corrected chi connectivity index (χ1v) is 6.57. The molecule has 17 heavy (non-hydrogen) atoms. The number of rotatable bonds is 3. The molecule has 1 amide bonds. The fourth-order valence-corrected chi connectivity index (χ4v) is 2.00. The minimum atomic E-state index is -0.0897. The van der Waals surface area contributed by atoms with Crippen LogP contribution in [0.2, 0.25) is 0 Å². The molecule has 0 saturated carbocycles. The monoisotopic (exact) mass is 295 g/mol. The van der Waals surface area contributed by atoms with E-state index in [0.29, 0.717) is 5.76 Å². The van der Waals surface area contributed by atoms with Crippen LogP contribution < -0.4 is 0 Å². The van der Waals surface area contributed by atoms with Crippen molar-refractivity contribution < 1.29 is 9.21 Å². The van der Waals surface area contributed by atoms with E-state index in [1.165, 1.54) is 0 Å². The fourth-order valence-electron chi connectivity index (χ4n) is 1.56. The van der Waals surface area contributed by atoms with Gasteiger partial charge in [-0.15, -0.1) is 0 Å². The lowest BCUT2D eigenvalue weighted by atomic mass is 10.2. The molecule has 0 saturated heterocycles. The molecule has 1 atom stereocenters. The van der Waals surface area contributed by atoms with Crippen LogP contribution in [0.25, 0.3) is 11.0 Å². The predicted octanol–water partition coefficient (Wildman–Crippen LogP) is 3.29. The van der Waals surface area contributed by atoms with Gasteiger partial charge in [-0.3, -0.25) is 4.79 Å². The number of halogens is 1. The molecule has 0 spiro atoms. The average molecular weight is 296 g/mol. The van der Waals surface area contributed by atoms with Crippen LogP contribution in [0.1, 0.15) is 17.5 Å². The third-order valence-corrected chi connectivity index (χ3v) is 3.78. The largest absolute Gasteiger partial charge is 0.451 e. The zero-order valence-corrected chi connectivity index (χ0v) is 11.4. The second-order valence-electron chi connectivity index (χ2n) is 4.07. The lowest BCUT2D eigenvalue weighted by Crippen LogP contribution is -2.35. The van der Waals surface area contributed by atoms with Gasteiger partial charge >= 0.3 is 0 Å². The topological polar surface area (TPSA) is 33.5 Å². The molecule has 2 rings (SSSR count). The summed E-state index contributed by atoms with van der Waals surface area (Å²) in [7, 11) is 1.78. The number of para-hydroxylation sites is 1. The number of furan rings is 1. The second-order valence-corrected chi connectivity index (χ2v) is 4.72. The lowest BCUT2D eigenvalue weighted by molar-refractivity contribution is 0.0728. The van der Waals surface area contributed by atoms with Crippen LogP contribution in [0.15, 0.2) is 34.7 Å². The van der Waals surface area contributed by atoms with Gasteiger partial charge in [-0.05, 0) is 19.1 Å². The van der Waals surface area contributed by atoms with Crippen molar-refractivity contribution in [1.82, 2.24) is 4.90 Å². The van der Waals surface area contributed by atoms with Gasteiger partial charge in [-0.2, -0.15) is 0 Å². The van der Waals surface area contributed by atoms with Crippen LogP contribution in [0.3, 0.4) is 0 Å². The molecule has 90 valence electrons. The van der Waals surface area contributed by atoms with Gasteiger partial charge in [-0.1, -0.05) is 34.1 Å². The zero-order chi connectivity index (χ0) is 12.4. The number of carbonyl (C=O) groups is 1. The highest BCUT2D eigenvalue weighted by Crippen LogP contribution is 2.20. The number of amides is 1. The molecule has 3 nitrogen and oxygen atoms in total. The summed E-state index contributed by atoms with van der Waals surface area (Å²) < 4.78 is 5.54. The van der Waals surface area contributed by atoms with Crippen LogP contribution in [-0.2, 0) is 0 Å². The second kappa shape index (κ2) is 4.92. The van der Waals surface area contributed by atoms with E-state index in [-0.39, 0.29) is 11.9 Å². The summed E-state index contributed by atoms with van der Waals surface area (Å²) in [5, 5.41) is 1.70. The number of alkyl halides is 1. The maximum absolute atomic E-state index is 12.1. The third kappa shape index (κ3) is 2.36. The van der Waals surface area contributed by atoms with Crippen molar-refractivity contribution in [3.63, 3.8) is 0 Å². The van der Waals surface area contributed by atoms with E-state index in [1.807, 2.05) is 31.2 Å². The van der Waals surface area contributed by atoms with Crippen molar-refractivity contribution in [3.8, 4) is 0 Å². The smallest absolute Gasteiger partial charge is 0.289 e. The molecule has 1 aromatic heterocycles. The summed E-state index contributed by atoms with van der Waals surface area (Å²) in [4.78, 5) is 13.8. The van der Waals surface area contributed by atoms with Crippen LogP contribution in [-0.4, -0.2) is 29.2 Å². The molecule has 0 N–H and O–H groups in total. The molecule has 0 aliphatic carbocycles. The summed E-state index contributed by atoms with van der Waals surface area (Å²) in [6.45, 7) is 1.98. The Morgan fingerprint density at radius 3 is 2.82 bits per heavy atom. The number of benzene rings is 1. The summed E-state index contributed by atoms with van der Waals surface area (Å²) in [5.74, 6) is 0.301. The Balaban J connectivity index is 2.30. The van der Waals surface area contributed by atoms with Crippen LogP contribution >= 0.6 is 15.9 Å². The standard InChI is InChI=1S/C13H14BrNO2/c1-9(8-14)15(2)13(16)12-7-10-5-3-4-6-11(10)17-12/h3-7,9H,8H2,1-2H3. The lowest BCUT2D eigenvalue weighted by Gasteiger charge is -2.21. The number of carbonyl (C=O) groups excluding carboxylic acids is 1. The Morgan fingerprint density at radius 2 is 2.18 bits per heavy atom. The Hall–Kier alpha value is -1.29. The molecule has 0 aliphatic heterocycles. The van der Waals surface area contributed by atoms with Crippen LogP contribution in [0.5, 0.6) is 0 Å². The molecule has 1 heterocycles. The summed E-state index contributed by atoms with van der Waals surface area (Å²) in [6, 6.07) is 9.54. The van der Waals surface area contributed by atoms with Crippen molar-refractivity contribution in [2.24, 2.45) is 0 Å². The minimum Gasteiger partial charge on any atom is -0.451 e. The molecule has 2 aromatic rings. The average Bonchev–Trinajstić information content (AvgIpc) is 2.79. The van der Waals surface area contributed by atoms with Crippen molar-refractivity contribution >= 4 is 32.8 Å². The van der Waals surface area contributed by atoms with E-state index in [0.717, 1.165) is 16.3 Å². The molecular weight excluding hydrogens is 282 g/mol. The first-order chi connectivity index (χ1) is 8.13. The van der Waals surface area contributed by atoms with E-state index >= 15 is 0 Å².